The van der Waals surface area contributed by atoms with Crippen LogP contribution in [0.5, 0.6) is 0 Å². The van der Waals surface area contributed by atoms with Gasteiger partial charge in [-0.3, -0.25) is 5.43 Å². The van der Waals surface area contributed by atoms with Crippen LogP contribution in [0.4, 0.5) is 17.8 Å². The van der Waals surface area contributed by atoms with Crippen LogP contribution in [0.15, 0.2) is 6.33 Å². The van der Waals surface area contributed by atoms with Gasteiger partial charge in [-0.05, 0) is 13.8 Å². The van der Waals surface area contributed by atoms with Crippen LogP contribution in [0.2, 0.25) is 0 Å². The molecule has 2 rings (SSSR count). The van der Waals surface area contributed by atoms with Gasteiger partial charge >= 0.3 is 0 Å². The molecule has 0 saturated carbocycles. The van der Waals surface area contributed by atoms with Gasteiger partial charge in [0.2, 0.25) is 17.8 Å². The third-order valence-electron chi connectivity index (χ3n) is 3.01. The molecule has 4 N–H and O–H groups in total. The van der Waals surface area contributed by atoms with E-state index in [0.717, 1.165) is 18.9 Å². The van der Waals surface area contributed by atoms with E-state index in [2.05, 4.69) is 35.9 Å². The zero-order valence-corrected chi connectivity index (χ0v) is 12.4. The van der Waals surface area contributed by atoms with Crippen molar-refractivity contribution in [1.82, 2.24) is 29.7 Å². The number of aryl methyl sites for hydroxylation is 1. The molecule has 0 atom stereocenters. The molecule has 0 aliphatic carbocycles. The fourth-order valence-corrected chi connectivity index (χ4v) is 1.78. The number of nitrogen functional groups attached to an aromatic ring is 1. The van der Waals surface area contributed by atoms with Gasteiger partial charge in [0.15, 0.2) is 5.82 Å². The first-order valence-electron chi connectivity index (χ1n) is 6.72. The van der Waals surface area contributed by atoms with Crippen LogP contribution >= 0.6 is 0 Å². The molecule has 2 aromatic rings. The van der Waals surface area contributed by atoms with E-state index >= 15 is 0 Å². The molecule has 0 aromatic carbocycles. The molecule has 10 heteroatoms. The third-order valence-corrected chi connectivity index (χ3v) is 3.01. The summed E-state index contributed by atoms with van der Waals surface area (Å²) in [6, 6.07) is 0. The lowest BCUT2D eigenvalue weighted by Crippen LogP contribution is -2.26. The first kappa shape index (κ1) is 14.9. The number of hydrogen-bond acceptors (Lipinski definition) is 9. The van der Waals surface area contributed by atoms with Gasteiger partial charge in [0.25, 0.3) is 0 Å². The molecule has 0 aliphatic rings. The summed E-state index contributed by atoms with van der Waals surface area (Å²) in [6.07, 6.45) is 1.64. The minimum Gasteiger partial charge on any atom is -0.347 e. The molecule has 0 bridgehead atoms. The summed E-state index contributed by atoms with van der Waals surface area (Å²) in [5.74, 6) is 7.51. The lowest BCUT2D eigenvalue weighted by Gasteiger charge is -2.19. The quantitative estimate of drug-likeness (QED) is 0.468. The SMILES string of the molecule is CCN(CC)c1nc(NN)nc(NCc2nncn2C)n1. The molecule has 0 fully saturated rings. The minimum absolute atomic E-state index is 0.312. The maximum atomic E-state index is 5.41. The average Bonchev–Trinajstić information content (AvgIpc) is 2.91. The molecule has 21 heavy (non-hydrogen) atoms. The monoisotopic (exact) mass is 292 g/mol. The summed E-state index contributed by atoms with van der Waals surface area (Å²) in [5.41, 5.74) is 2.45. The number of hydrogen-bond donors (Lipinski definition) is 3. The van der Waals surface area contributed by atoms with Gasteiger partial charge in [0, 0.05) is 20.1 Å². The predicted octanol–water partition coefficient (Wildman–Crippen LogP) is -0.256. The topological polar surface area (TPSA) is 123 Å². The minimum atomic E-state index is 0.312. The van der Waals surface area contributed by atoms with E-state index in [1.807, 2.05) is 30.4 Å². The summed E-state index contributed by atoms with van der Waals surface area (Å²) in [4.78, 5) is 14.8. The zero-order chi connectivity index (χ0) is 15.2. The Morgan fingerprint density at radius 3 is 2.48 bits per heavy atom. The largest absolute Gasteiger partial charge is 0.347 e. The van der Waals surface area contributed by atoms with Crippen molar-refractivity contribution in [2.75, 3.05) is 28.7 Å². The number of aromatic nitrogens is 6. The molecule has 10 nitrogen and oxygen atoms in total. The highest BCUT2D eigenvalue weighted by Gasteiger charge is 2.11. The first-order chi connectivity index (χ1) is 10.2. The Balaban J connectivity index is 2.18. The van der Waals surface area contributed by atoms with Gasteiger partial charge in [0.1, 0.15) is 6.33 Å². The summed E-state index contributed by atoms with van der Waals surface area (Å²) in [7, 11) is 1.87. The molecule has 2 heterocycles. The van der Waals surface area contributed by atoms with Crippen molar-refractivity contribution in [3.8, 4) is 0 Å². The van der Waals surface area contributed by atoms with Gasteiger partial charge in [0.05, 0.1) is 6.54 Å². The Bertz CT molecular complexity index is 576. The second-order valence-corrected chi connectivity index (χ2v) is 4.31. The maximum Gasteiger partial charge on any atom is 0.243 e. The Hall–Kier alpha value is -2.49. The third kappa shape index (κ3) is 3.54. The molecule has 2 aromatic heterocycles. The second-order valence-electron chi connectivity index (χ2n) is 4.31. The van der Waals surface area contributed by atoms with E-state index in [0.29, 0.717) is 24.4 Å². The molecule has 0 spiro atoms. The zero-order valence-electron chi connectivity index (χ0n) is 12.4. The Kier molecular flexibility index (Phi) is 4.82. The van der Waals surface area contributed by atoms with Crippen molar-refractivity contribution < 1.29 is 0 Å². The lowest BCUT2D eigenvalue weighted by atomic mass is 10.5. The molecule has 0 unspecified atom stereocenters. The number of nitrogens with one attached hydrogen (secondary N) is 2. The van der Waals surface area contributed by atoms with Crippen molar-refractivity contribution >= 4 is 17.8 Å². The second kappa shape index (κ2) is 6.79. The first-order valence-corrected chi connectivity index (χ1v) is 6.72. The Labute approximate surface area is 122 Å². The van der Waals surface area contributed by atoms with E-state index in [1.54, 1.807) is 6.33 Å². The normalized spacial score (nSPS) is 10.5. The van der Waals surface area contributed by atoms with Crippen molar-refractivity contribution in [3.63, 3.8) is 0 Å². The maximum absolute atomic E-state index is 5.41. The average molecular weight is 292 g/mol. The van der Waals surface area contributed by atoms with E-state index in [1.165, 1.54) is 0 Å². The lowest BCUT2D eigenvalue weighted by molar-refractivity contribution is 0.794. The molecular formula is C11H20N10. The molecular weight excluding hydrogens is 272 g/mol. The van der Waals surface area contributed by atoms with Crippen molar-refractivity contribution in [2.24, 2.45) is 12.9 Å². The Morgan fingerprint density at radius 2 is 1.90 bits per heavy atom. The van der Waals surface area contributed by atoms with Crippen LogP contribution in [-0.4, -0.2) is 42.8 Å². The van der Waals surface area contributed by atoms with E-state index in [4.69, 9.17) is 5.84 Å². The summed E-state index contributed by atoms with van der Waals surface area (Å²) >= 11 is 0. The summed E-state index contributed by atoms with van der Waals surface area (Å²) in [6.45, 7) is 6.13. The van der Waals surface area contributed by atoms with Crippen molar-refractivity contribution in [2.45, 2.75) is 20.4 Å². The van der Waals surface area contributed by atoms with Gasteiger partial charge in [-0.2, -0.15) is 15.0 Å². The molecule has 0 amide bonds. The van der Waals surface area contributed by atoms with Crippen LogP contribution in [0, 0.1) is 0 Å². The fourth-order valence-electron chi connectivity index (χ4n) is 1.78. The number of nitrogens with two attached hydrogens (primary N) is 1. The van der Waals surface area contributed by atoms with Crippen LogP contribution in [0.3, 0.4) is 0 Å². The molecule has 0 radical (unpaired) electrons. The highest BCUT2D eigenvalue weighted by molar-refractivity contribution is 5.43. The highest BCUT2D eigenvalue weighted by atomic mass is 15.4. The standard InChI is InChI=1S/C11H20N10/c1-4-21(5-2)11-16-9(15-10(17-11)18-12)13-6-8-19-14-7-20(8)3/h7H,4-6,12H2,1-3H3,(H2,13,15,16,17,18). The van der Waals surface area contributed by atoms with Crippen molar-refractivity contribution in [3.05, 3.63) is 12.2 Å². The van der Waals surface area contributed by atoms with Crippen LogP contribution in [-0.2, 0) is 13.6 Å². The van der Waals surface area contributed by atoms with E-state index in [9.17, 15) is 0 Å². The number of anilines is 3. The smallest absolute Gasteiger partial charge is 0.243 e. The predicted molar refractivity (Wildman–Crippen MR) is 79.5 cm³/mol. The van der Waals surface area contributed by atoms with Gasteiger partial charge < -0.3 is 14.8 Å². The van der Waals surface area contributed by atoms with Gasteiger partial charge in [-0.25, -0.2) is 5.84 Å². The van der Waals surface area contributed by atoms with E-state index < -0.39 is 0 Å². The van der Waals surface area contributed by atoms with Crippen LogP contribution in [0.1, 0.15) is 19.7 Å². The highest BCUT2D eigenvalue weighted by Crippen LogP contribution is 2.13. The van der Waals surface area contributed by atoms with Crippen molar-refractivity contribution in [1.29, 1.82) is 0 Å². The molecule has 0 saturated heterocycles. The summed E-state index contributed by atoms with van der Waals surface area (Å²) < 4.78 is 1.82. The van der Waals surface area contributed by atoms with Gasteiger partial charge in [-0.15, -0.1) is 10.2 Å². The molecule has 0 aliphatic heterocycles. The number of hydrazine groups is 1. The number of rotatable bonds is 7. The fraction of sp³-hybridized carbons (Fsp3) is 0.545. The number of nitrogens with zero attached hydrogens (tertiary/aromatic N) is 7. The summed E-state index contributed by atoms with van der Waals surface area (Å²) in [5, 5.41) is 10.9. The van der Waals surface area contributed by atoms with Gasteiger partial charge in [-0.1, -0.05) is 0 Å². The van der Waals surface area contributed by atoms with E-state index in [-0.39, 0.29) is 0 Å². The molecule has 114 valence electrons. The van der Waals surface area contributed by atoms with Crippen LogP contribution in [0.25, 0.3) is 0 Å². The van der Waals surface area contributed by atoms with Crippen LogP contribution < -0.4 is 21.5 Å². The Morgan fingerprint density at radius 1 is 1.19 bits per heavy atom.